The number of carbonyl (C=O) groups excluding carboxylic acids is 1. The average molecular weight is 690 g/mol. The number of anilines is 1. The predicted molar refractivity (Wildman–Crippen MR) is 177 cm³/mol. The predicted octanol–water partition coefficient (Wildman–Crippen LogP) is 6.49. The molecule has 4 aliphatic rings. The lowest BCUT2D eigenvalue weighted by Crippen LogP contribution is -2.53. The minimum absolute atomic E-state index is 0.0158. The molecular weight excluding hydrogens is 642 g/mol. The molecule has 0 spiro atoms. The third-order valence-electron chi connectivity index (χ3n) is 11.4. The summed E-state index contributed by atoms with van der Waals surface area (Å²) in [5.74, 6) is -2.48. The van der Waals surface area contributed by atoms with Crippen LogP contribution in [0, 0.1) is 5.92 Å². The second kappa shape index (κ2) is 14.5. The zero-order chi connectivity index (χ0) is 34.9. The lowest BCUT2D eigenvalue weighted by Gasteiger charge is -2.35. The molecule has 6 rings (SSSR count). The Morgan fingerprint density at radius 1 is 0.959 bits per heavy atom. The van der Waals surface area contributed by atoms with Crippen molar-refractivity contribution >= 4 is 17.6 Å². The van der Waals surface area contributed by atoms with Crippen LogP contribution in [0.1, 0.15) is 79.9 Å². The number of carboxylic acid groups (broad SMARTS) is 1. The summed E-state index contributed by atoms with van der Waals surface area (Å²) in [7, 11) is 3.09. The third kappa shape index (κ3) is 7.27. The highest BCUT2D eigenvalue weighted by Gasteiger charge is 2.58. The van der Waals surface area contributed by atoms with Crippen molar-refractivity contribution in [2.75, 3.05) is 58.5 Å². The number of carbonyl (C=O) groups is 2. The molecule has 2 aromatic rings. The van der Waals surface area contributed by atoms with Crippen molar-refractivity contribution in [1.82, 2.24) is 9.80 Å². The Hall–Kier alpha value is -3.38. The van der Waals surface area contributed by atoms with Crippen LogP contribution in [0.4, 0.5) is 23.2 Å². The Morgan fingerprint density at radius 3 is 2.27 bits per heavy atom. The maximum Gasteiger partial charge on any atom is 0.416 e. The van der Waals surface area contributed by atoms with E-state index in [4.69, 9.17) is 9.47 Å². The Bertz CT molecular complexity index is 1480. The van der Waals surface area contributed by atoms with Crippen molar-refractivity contribution < 1.29 is 41.7 Å². The SMILES string of the molecule is COC[C@@H]1C[C@@H](c2ccc(C(F)(F)F)cc2N2CCC(C(=O)O)CC2)CN1C(=O)[C@]1(F)CN(C2CCCCC2)C[C@H]1c1ccc(OC)cc1. The van der Waals surface area contributed by atoms with Gasteiger partial charge >= 0.3 is 12.1 Å². The maximum atomic E-state index is 17.8. The molecule has 4 atom stereocenters. The highest BCUT2D eigenvalue weighted by molar-refractivity contribution is 5.88. The molecule has 8 nitrogen and oxygen atoms in total. The van der Waals surface area contributed by atoms with Gasteiger partial charge in [-0.2, -0.15) is 13.2 Å². The number of benzene rings is 2. The quantitative estimate of drug-likeness (QED) is 0.302. The topological polar surface area (TPSA) is 82.5 Å². The number of carboxylic acids is 1. The molecule has 3 aliphatic heterocycles. The number of hydrogen-bond donors (Lipinski definition) is 1. The molecule has 1 amide bonds. The van der Waals surface area contributed by atoms with E-state index in [-0.39, 0.29) is 31.7 Å². The molecule has 0 unspecified atom stereocenters. The lowest BCUT2D eigenvalue weighted by atomic mass is 9.85. The van der Waals surface area contributed by atoms with E-state index in [1.165, 1.54) is 13.2 Å². The van der Waals surface area contributed by atoms with Crippen molar-refractivity contribution in [3.8, 4) is 5.75 Å². The van der Waals surface area contributed by atoms with Gasteiger partial charge < -0.3 is 24.4 Å². The van der Waals surface area contributed by atoms with Gasteiger partial charge in [0.15, 0.2) is 0 Å². The van der Waals surface area contributed by atoms with Gasteiger partial charge in [-0.05, 0) is 67.5 Å². The summed E-state index contributed by atoms with van der Waals surface area (Å²) in [6.07, 6.45) is 1.73. The van der Waals surface area contributed by atoms with E-state index in [1.807, 2.05) is 17.0 Å². The van der Waals surface area contributed by atoms with Crippen molar-refractivity contribution in [1.29, 1.82) is 0 Å². The number of piperidine rings is 1. The molecule has 49 heavy (non-hydrogen) atoms. The Morgan fingerprint density at radius 2 is 1.65 bits per heavy atom. The summed E-state index contributed by atoms with van der Waals surface area (Å²) in [6.45, 7) is 1.31. The second-order valence-electron chi connectivity index (χ2n) is 14.3. The van der Waals surface area contributed by atoms with Crippen LogP contribution in [0.2, 0.25) is 0 Å². The molecule has 1 N–H and O–H groups in total. The number of aliphatic carboxylic acids is 1. The number of halogens is 4. The number of rotatable bonds is 9. The summed E-state index contributed by atoms with van der Waals surface area (Å²) in [6, 6.07) is 10.7. The molecule has 3 saturated heterocycles. The number of methoxy groups -OCH3 is 2. The zero-order valence-corrected chi connectivity index (χ0v) is 28.3. The first-order valence-corrected chi connectivity index (χ1v) is 17.5. The molecule has 268 valence electrons. The van der Waals surface area contributed by atoms with Crippen LogP contribution in [0.25, 0.3) is 0 Å². The van der Waals surface area contributed by atoms with E-state index in [1.54, 1.807) is 24.1 Å². The normalized spacial score (nSPS) is 27.5. The van der Waals surface area contributed by atoms with E-state index in [0.717, 1.165) is 49.8 Å². The summed E-state index contributed by atoms with van der Waals surface area (Å²) in [4.78, 5) is 31.8. The zero-order valence-electron chi connectivity index (χ0n) is 28.3. The smallest absolute Gasteiger partial charge is 0.416 e. The van der Waals surface area contributed by atoms with Gasteiger partial charge in [0.25, 0.3) is 5.91 Å². The van der Waals surface area contributed by atoms with Gasteiger partial charge in [-0.15, -0.1) is 0 Å². The van der Waals surface area contributed by atoms with E-state index in [9.17, 15) is 27.9 Å². The minimum Gasteiger partial charge on any atom is -0.497 e. The van der Waals surface area contributed by atoms with Crippen LogP contribution < -0.4 is 9.64 Å². The third-order valence-corrected chi connectivity index (χ3v) is 11.4. The molecule has 0 aromatic heterocycles. The van der Waals surface area contributed by atoms with Crippen LogP contribution in [0.5, 0.6) is 5.75 Å². The Labute approximate surface area is 285 Å². The molecule has 3 heterocycles. The molecule has 0 radical (unpaired) electrons. The number of amides is 1. The van der Waals surface area contributed by atoms with E-state index in [0.29, 0.717) is 55.9 Å². The summed E-state index contributed by atoms with van der Waals surface area (Å²) in [5.41, 5.74) is -1.24. The van der Waals surface area contributed by atoms with Gasteiger partial charge in [-0.3, -0.25) is 14.5 Å². The Kier molecular flexibility index (Phi) is 10.5. The summed E-state index contributed by atoms with van der Waals surface area (Å²) in [5, 5.41) is 9.49. The largest absolute Gasteiger partial charge is 0.497 e. The van der Waals surface area contributed by atoms with Gasteiger partial charge in [-0.1, -0.05) is 37.5 Å². The minimum atomic E-state index is -4.56. The van der Waals surface area contributed by atoms with E-state index < -0.39 is 47.2 Å². The molecule has 2 aromatic carbocycles. The number of alkyl halides is 4. The molecule has 12 heteroatoms. The van der Waals surface area contributed by atoms with Gasteiger partial charge in [-0.25, -0.2) is 4.39 Å². The monoisotopic (exact) mass is 689 g/mol. The van der Waals surface area contributed by atoms with Crippen LogP contribution in [0.15, 0.2) is 42.5 Å². The fourth-order valence-corrected chi connectivity index (χ4v) is 8.68. The molecule has 4 fully saturated rings. The maximum absolute atomic E-state index is 17.8. The fourth-order valence-electron chi connectivity index (χ4n) is 8.68. The standard InChI is InChI=1S/C37H47F4N3O5/c1-48-22-29-18-26(31-13-10-27(37(39,40)41)19-33(31)42-16-14-25(15-17-42)34(45)46)20-44(29)35(47)36(38)23-43(28-6-4-3-5-7-28)21-32(36)24-8-11-30(49-2)12-9-24/h8-13,19,25-26,28-29,32H,3-7,14-18,20-23H2,1-2H3,(H,45,46)/t26-,29+,32+,36+/m1/s1. The lowest BCUT2D eigenvalue weighted by molar-refractivity contribution is -0.146. The fraction of sp³-hybridized carbons (Fsp3) is 0.622. The molecule has 1 saturated carbocycles. The first-order chi connectivity index (χ1) is 23.4. The molecule has 0 bridgehead atoms. The van der Waals surface area contributed by atoms with Crippen LogP contribution in [0.3, 0.4) is 0 Å². The highest BCUT2D eigenvalue weighted by atomic mass is 19.4. The first-order valence-electron chi connectivity index (χ1n) is 17.5. The highest BCUT2D eigenvalue weighted by Crippen LogP contribution is 2.47. The number of likely N-dealkylation sites (tertiary alicyclic amines) is 2. The van der Waals surface area contributed by atoms with Crippen LogP contribution in [-0.4, -0.2) is 98.1 Å². The number of nitrogens with zero attached hydrogens (tertiary/aromatic N) is 3. The van der Waals surface area contributed by atoms with Gasteiger partial charge in [0.1, 0.15) is 5.75 Å². The first kappa shape index (κ1) is 35.4. The van der Waals surface area contributed by atoms with Crippen molar-refractivity contribution in [2.24, 2.45) is 5.92 Å². The van der Waals surface area contributed by atoms with Gasteiger partial charge in [0, 0.05) is 63.4 Å². The van der Waals surface area contributed by atoms with Gasteiger partial charge in [0.05, 0.1) is 31.2 Å². The van der Waals surface area contributed by atoms with Crippen molar-refractivity contribution in [2.45, 2.75) is 87.1 Å². The second-order valence-corrected chi connectivity index (χ2v) is 14.3. The van der Waals surface area contributed by atoms with Gasteiger partial charge in [0.2, 0.25) is 5.67 Å². The molecule has 1 aliphatic carbocycles. The molecular formula is C37H47F4N3O5. The average Bonchev–Trinajstić information content (AvgIpc) is 3.69. The summed E-state index contributed by atoms with van der Waals surface area (Å²) < 4.78 is 70.4. The van der Waals surface area contributed by atoms with Crippen LogP contribution >= 0.6 is 0 Å². The Balaban J connectivity index is 1.31. The summed E-state index contributed by atoms with van der Waals surface area (Å²) >= 11 is 0. The van der Waals surface area contributed by atoms with Crippen LogP contribution in [-0.2, 0) is 20.5 Å². The van der Waals surface area contributed by atoms with Crippen molar-refractivity contribution in [3.63, 3.8) is 0 Å². The van der Waals surface area contributed by atoms with Crippen molar-refractivity contribution in [3.05, 3.63) is 59.2 Å². The van der Waals surface area contributed by atoms with E-state index >= 15 is 4.39 Å². The number of ether oxygens (including phenoxy) is 2. The van der Waals surface area contributed by atoms with E-state index in [2.05, 4.69) is 4.90 Å². The number of hydrogen-bond acceptors (Lipinski definition) is 6.